The molecule has 1 aliphatic heterocycles. The molecule has 1 heterocycles. The zero-order valence-corrected chi connectivity index (χ0v) is 14.4. The van der Waals surface area contributed by atoms with Crippen molar-refractivity contribution in [1.29, 1.82) is 0 Å². The number of likely N-dealkylation sites (tertiary alicyclic amines) is 1. The molecule has 1 fully saturated rings. The molecule has 0 radical (unpaired) electrons. The van der Waals surface area contributed by atoms with Gasteiger partial charge in [-0.2, -0.15) is 0 Å². The van der Waals surface area contributed by atoms with Crippen LogP contribution in [0.1, 0.15) is 53.3 Å². The molecule has 0 atom stereocenters. The normalized spacial score (nSPS) is 20.1. The van der Waals surface area contributed by atoms with Crippen molar-refractivity contribution in [1.82, 2.24) is 9.80 Å². The van der Waals surface area contributed by atoms with E-state index in [-0.39, 0.29) is 24.0 Å². The van der Waals surface area contributed by atoms with E-state index in [1.165, 1.54) is 11.3 Å². The number of likely N-dealkylation sites (N-methyl/N-ethyl adjacent to an activating group) is 1. The summed E-state index contributed by atoms with van der Waals surface area (Å²) in [5.41, 5.74) is -0.514. The third-order valence-electron chi connectivity index (χ3n) is 5.43. The summed E-state index contributed by atoms with van der Waals surface area (Å²) in [5, 5.41) is 0. The fourth-order valence-corrected chi connectivity index (χ4v) is 3.92. The van der Waals surface area contributed by atoms with E-state index in [0.29, 0.717) is 17.5 Å². The first-order valence-corrected chi connectivity index (χ1v) is 8.70. The smallest absolute Gasteiger partial charge is 0.237 e. The molecule has 0 bridgehead atoms. The number of fused-ring (bicyclic) bond motifs is 1. The predicted octanol–water partition coefficient (Wildman–Crippen LogP) is 2.16. The zero-order valence-electron chi connectivity index (χ0n) is 14.4. The summed E-state index contributed by atoms with van der Waals surface area (Å²) in [6.45, 7) is 3.88. The van der Waals surface area contributed by atoms with Gasteiger partial charge in [0.05, 0.1) is 6.54 Å². The van der Waals surface area contributed by atoms with E-state index in [1.54, 1.807) is 38.2 Å². The van der Waals surface area contributed by atoms with Crippen LogP contribution in [0.15, 0.2) is 24.3 Å². The number of carbonyl (C=O) groups excluding carboxylic acids is 3. The maximum atomic E-state index is 13.0. The largest absolute Gasteiger partial charge is 0.325 e. The van der Waals surface area contributed by atoms with Crippen LogP contribution in [0.25, 0.3) is 0 Å². The highest BCUT2D eigenvalue weighted by Crippen LogP contribution is 2.36. The molecule has 0 aromatic heterocycles. The summed E-state index contributed by atoms with van der Waals surface area (Å²) in [5.74, 6) is -0.659. The molecule has 24 heavy (non-hydrogen) atoms. The first-order valence-electron chi connectivity index (χ1n) is 8.70. The van der Waals surface area contributed by atoms with Crippen LogP contribution in [-0.4, -0.2) is 59.5 Å². The van der Waals surface area contributed by atoms with E-state index in [1.807, 2.05) is 0 Å². The number of rotatable bonds is 4. The fraction of sp³-hybridized carbons (Fsp3) is 0.526. The van der Waals surface area contributed by atoms with Gasteiger partial charge in [0.25, 0.3) is 0 Å². The van der Waals surface area contributed by atoms with Crippen molar-refractivity contribution in [2.24, 2.45) is 0 Å². The minimum atomic E-state index is -1.38. The molecule has 3 rings (SSSR count). The lowest BCUT2D eigenvalue weighted by Gasteiger charge is -2.37. The third kappa shape index (κ3) is 2.47. The second kappa shape index (κ2) is 6.48. The molecule has 1 amide bonds. The lowest BCUT2D eigenvalue weighted by Crippen LogP contribution is -2.59. The lowest BCUT2D eigenvalue weighted by molar-refractivity contribution is -0.134. The molecule has 128 valence electrons. The van der Waals surface area contributed by atoms with Crippen molar-refractivity contribution in [2.45, 2.75) is 38.1 Å². The number of benzene rings is 1. The van der Waals surface area contributed by atoms with Gasteiger partial charge < -0.3 is 4.90 Å². The molecule has 5 heteroatoms. The first-order chi connectivity index (χ1) is 11.5. The molecule has 0 unspecified atom stereocenters. The van der Waals surface area contributed by atoms with Crippen molar-refractivity contribution < 1.29 is 14.4 Å². The third-order valence-corrected chi connectivity index (χ3v) is 5.43. The zero-order chi connectivity index (χ0) is 17.3. The number of hydrogen-bond acceptors (Lipinski definition) is 4. The van der Waals surface area contributed by atoms with Gasteiger partial charge in [-0.3, -0.25) is 19.3 Å². The number of nitrogens with zero attached hydrogens (tertiary/aromatic N) is 2. The Kier molecular flexibility index (Phi) is 4.54. The maximum Gasteiger partial charge on any atom is 0.237 e. The van der Waals surface area contributed by atoms with Crippen LogP contribution in [0.3, 0.4) is 0 Å². The standard InChI is InChI=1S/C19H24N2O3/c1-3-19(17(23)14-9-5-6-10-15(14)18(19)24)20(2)16(22)13-21-11-7-4-8-12-21/h5-6,9-10H,3-4,7-8,11-13H2,1-2H3. The number of amides is 1. The number of piperidine rings is 1. The van der Waals surface area contributed by atoms with Gasteiger partial charge in [0.2, 0.25) is 5.91 Å². The van der Waals surface area contributed by atoms with E-state index < -0.39 is 5.54 Å². The average Bonchev–Trinajstić information content (AvgIpc) is 2.84. The van der Waals surface area contributed by atoms with Gasteiger partial charge in [-0.15, -0.1) is 0 Å². The molecule has 0 N–H and O–H groups in total. The van der Waals surface area contributed by atoms with Gasteiger partial charge in [-0.05, 0) is 32.4 Å². The minimum absolute atomic E-state index is 0.159. The number of ketones is 2. The minimum Gasteiger partial charge on any atom is -0.325 e. The van der Waals surface area contributed by atoms with E-state index in [0.717, 1.165) is 25.9 Å². The average molecular weight is 328 g/mol. The molecule has 1 saturated heterocycles. The highest BCUT2D eigenvalue weighted by molar-refractivity contribution is 6.33. The van der Waals surface area contributed by atoms with Crippen molar-refractivity contribution in [3.8, 4) is 0 Å². The summed E-state index contributed by atoms with van der Waals surface area (Å²) in [7, 11) is 1.59. The predicted molar refractivity (Wildman–Crippen MR) is 91.2 cm³/mol. The molecule has 1 aromatic carbocycles. The summed E-state index contributed by atoms with van der Waals surface area (Å²) in [6.07, 6.45) is 3.69. The van der Waals surface area contributed by atoms with Crippen LogP contribution in [0.5, 0.6) is 0 Å². The molecule has 1 aliphatic carbocycles. The van der Waals surface area contributed by atoms with Crippen molar-refractivity contribution in [3.63, 3.8) is 0 Å². The molecular weight excluding hydrogens is 304 g/mol. The Morgan fingerprint density at radius 2 is 1.62 bits per heavy atom. The van der Waals surface area contributed by atoms with E-state index in [9.17, 15) is 14.4 Å². The van der Waals surface area contributed by atoms with Gasteiger partial charge in [-0.25, -0.2) is 0 Å². The van der Waals surface area contributed by atoms with Crippen molar-refractivity contribution in [2.75, 3.05) is 26.7 Å². The molecule has 2 aliphatic rings. The Bertz CT molecular complexity index is 642. The summed E-state index contributed by atoms with van der Waals surface area (Å²) in [6, 6.07) is 6.86. The number of Topliss-reactive ketones (excluding diaryl/α,β-unsaturated/α-hetero) is 2. The highest BCUT2D eigenvalue weighted by atomic mass is 16.2. The summed E-state index contributed by atoms with van der Waals surface area (Å²) in [4.78, 5) is 42.2. The molecule has 0 spiro atoms. The Hall–Kier alpha value is -2.01. The van der Waals surface area contributed by atoms with Gasteiger partial charge in [0.1, 0.15) is 0 Å². The van der Waals surface area contributed by atoms with Crippen molar-refractivity contribution in [3.05, 3.63) is 35.4 Å². The Balaban J connectivity index is 1.86. The van der Waals surface area contributed by atoms with Gasteiger partial charge >= 0.3 is 0 Å². The van der Waals surface area contributed by atoms with Crippen molar-refractivity contribution >= 4 is 17.5 Å². The SMILES string of the molecule is CCC1(N(C)C(=O)CN2CCCCC2)C(=O)c2ccccc2C1=O. The Morgan fingerprint density at radius 1 is 1.08 bits per heavy atom. The van der Waals surface area contributed by atoms with Gasteiger partial charge in [-0.1, -0.05) is 37.6 Å². The van der Waals surface area contributed by atoms with Crippen LogP contribution < -0.4 is 0 Å². The van der Waals surface area contributed by atoms with E-state index in [2.05, 4.69) is 4.90 Å². The lowest BCUT2D eigenvalue weighted by atomic mass is 9.88. The second-order valence-electron chi connectivity index (χ2n) is 6.71. The monoisotopic (exact) mass is 328 g/mol. The van der Waals surface area contributed by atoms with Crippen LogP contribution in [0, 0.1) is 0 Å². The topological polar surface area (TPSA) is 57.7 Å². The maximum absolute atomic E-state index is 13.0. The highest BCUT2D eigenvalue weighted by Gasteiger charge is 2.55. The van der Waals surface area contributed by atoms with E-state index in [4.69, 9.17) is 0 Å². The van der Waals surface area contributed by atoms with Gasteiger partial charge in [0, 0.05) is 18.2 Å². The molecule has 0 saturated carbocycles. The van der Waals surface area contributed by atoms with E-state index >= 15 is 0 Å². The van der Waals surface area contributed by atoms with Crippen LogP contribution in [0.4, 0.5) is 0 Å². The molecular formula is C19H24N2O3. The van der Waals surface area contributed by atoms with Gasteiger partial charge in [0.15, 0.2) is 17.1 Å². The van der Waals surface area contributed by atoms with Crippen LogP contribution >= 0.6 is 0 Å². The Labute approximate surface area is 142 Å². The fourth-order valence-electron chi connectivity index (χ4n) is 3.92. The van der Waals surface area contributed by atoms with Crippen LogP contribution in [-0.2, 0) is 4.79 Å². The number of carbonyl (C=O) groups is 3. The summed E-state index contributed by atoms with van der Waals surface area (Å²) < 4.78 is 0. The quantitative estimate of drug-likeness (QED) is 0.795. The van der Waals surface area contributed by atoms with Crippen LogP contribution in [0.2, 0.25) is 0 Å². The second-order valence-corrected chi connectivity index (χ2v) is 6.71. The summed E-state index contributed by atoms with van der Waals surface area (Å²) >= 11 is 0. The molecule has 5 nitrogen and oxygen atoms in total. The number of hydrogen-bond donors (Lipinski definition) is 0. The first kappa shape index (κ1) is 16.8. The Morgan fingerprint density at radius 3 is 2.12 bits per heavy atom. The molecule has 1 aromatic rings.